The lowest BCUT2D eigenvalue weighted by atomic mass is 10.1. The number of hydrogen-bond acceptors (Lipinski definition) is 3. The molecule has 3 aromatic rings. The Balaban J connectivity index is 1.79. The molecule has 0 aliphatic carbocycles. The first-order valence-electron chi connectivity index (χ1n) is 6.95. The maximum absolute atomic E-state index is 12.2. The van der Waals surface area contributed by atoms with E-state index in [0.29, 0.717) is 16.7 Å². The van der Waals surface area contributed by atoms with Crippen LogP contribution < -0.4 is 11.0 Å². The number of imidazole rings is 1. The molecule has 114 valence electrons. The number of anilines is 1. The summed E-state index contributed by atoms with van der Waals surface area (Å²) in [5, 5.41) is 7.15. The monoisotopic (exact) mass is 299 g/mol. The van der Waals surface area contributed by atoms with Gasteiger partial charge in [-0.25, -0.2) is 4.79 Å². The number of rotatable bonds is 3. The number of benzene rings is 1. The summed E-state index contributed by atoms with van der Waals surface area (Å²) < 4.78 is 1.77. The Kier molecular flexibility index (Phi) is 3.32. The van der Waals surface area contributed by atoms with Crippen molar-refractivity contribution < 1.29 is 4.79 Å². The van der Waals surface area contributed by atoms with E-state index in [0.717, 1.165) is 17.0 Å². The second-order valence-electron chi connectivity index (χ2n) is 5.34. The molecule has 0 atom stereocenters. The van der Waals surface area contributed by atoms with E-state index in [-0.39, 0.29) is 18.0 Å². The van der Waals surface area contributed by atoms with Gasteiger partial charge in [-0.05, 0) is 32.0 Å². The fraction of sp³-hybridized carbons (Fsp3) is 0.267. The summed E-state index contributed by atoms with van der Waals surface area (Å²) >= 11 is 0. The number of aromatic amines is 2. The van der Waals surface area contributed by atoms with Gasteiger partial charge in [-0.3, -0.25) is 9.48 Å². The zero-order chi connectivity index (χ0) is 15.9. The molecular formula is C15H17N5O2. The Morgan fingerprint density at radius 2 is 2.00 bits per heavy atom. The van der Waals surface area contributed by atoms with E-state index >= 15 is 0 Å². The summed E-state index contributed by atoms with van der Waals surface area (Å²) in [6.07, 6.45) is 0.271. The van der Waals surface area contributed by atoms with Gasteiger partial charge < -0.3 is 15.3 Å². The van der Waals surface area contributed by atoms with E-state index in [9.17, 15) is 9.59 Å². The SMILES string of the molecule is Cc1nn(C)c(C)c1CC(=O)Nc1ccc2[nH]c(=O)[nH]c2c1. The molecule has 22 heavy (non-hydrogen) atoms. The van der Waals surface area contributed by atoms with E-state index in [1.807, 2.05) is 20.9 Å². The molecule has 3 N–H and O–H groups in total. The lowest BCUT2D eigenvalue weighted by Crippen LogP contribution is -2.15. The number of fused-ring (bicyclic) bond motifs is 1. The van der Waals surface area contributed by atoms with Gasteiger partial charge in [-0.2, -0.15) is 5.10 Å². The van der Waals surface area contributed by atoms with E-state index in [4.69, 9.17) is 0 Å². The Morgan fingerprint density at radius 1 is 1.27 bits per heavy atom. The second-order valence-corrected chi connectivity index (χ2v) is 5.34. The number of amides is 1. The summed E-state index contributed by atoms with van der Waals surface area (Å²) in [5.74, 6) is -0.114. The van der Waals surface area contributed by atoms with Crippen LogP contribution in [0.4, 0.5) is 5.69 Å². The highest BCUT2D eigenvalue weighted by Crippen LogP contribution is 2.16. The van der Waals surface area contributed by atoms with Crippen molar-refractivity contribution in [1.82, 2.24) is 19.7 Å². The number of nitrogens with zero attached hydrogens (tertiary/aromatic N) is 2. The highest BCUT2D eigenvalue weighted by molar-refractivity contribution is 5.94. The third-order valence-corrected chi connectivity index (χ3v) is 3.80. The molecule has 7 heteroatoms. The largest absolute Gasteiger partial charge is 0.326 e. The molecule has 0 unspecified atom stereocenters. The fourth-order valence-corrected chi connectivity index (χ4v) is 2.55. The Morgan fingerprint density at radius 3 is 2.68 bits per heavy atom. The van der Waals surface area contributed by atoms with Crippen LogP contribution in [-0.2, 0) is 18.3 Å². The van der Waals surface area contributed by atoms with Gasteiger partial charge in [0.15, 0.2) is 0 Å². The summed E-state index contributed by atoms with van der Waals surface area (Å²) in [5.41, 5.74) is 4.54. The highest BCUT2D eigenvalue weighted by atomic mass is 16.1. The van der Waals surface area contributed by atoms with Crippen molar-refractivity contribution in [3.05, 3.63) is 45.6 Å². The van der Waals surface area contributed by atoms with Crippen molar-refractivity contribution in [2.45, 2.75) is 20.3 Å². The van der Waals surface area contributed by atoms with Crippen LogP contribution in [0, 0.1) is 13.8 Å². The van der Waals surface area contributed by atoms with Crippen molar-refractivity contribution in [3.63, 3.8) is 0 Å². The van der Waals surface area contributed by atoms with Crippen LogP contribution in [0.15, 0.2) is 23.0 Å². The predicted octanol–water partition coefficient (Wildman–Crippen LogP) is 1.39. The predicted molar refractivity (Wildman–Crippen MR) is 83.9 cm³/mol. The average molecular weight is 299 g/mol. The van der Waals surface area contributed by atoms with E-state index < -0.39 is 0 Å². The van der Waals surface area contributed by atoms with Crippen molar-refractivity contribution in [2.75, 3.05) is 5.32 Å². The summed E-state index contributed by atoms with van der Waals surface area (Å²) in [6.45, 7) is 3.84. The van der Waals surface area contributed by atoms with Gasteiger partial charge in [0.1, 0.15) is 0 Å². The van der Waals surface area contributed by atoms with Gasteiger partial charge in [0.25, 0.3) is 0 Å². The van der Waals surface area contributed by atoms with Crippen LogP contribution in [0.25, 0.3) is 11.0 Å². The Bertz CT molecular complexity index is 916. The molecule has 0 aliphatic heterocycles. The van der Waals surface area contributed by atoms with E-state index in [1.165, 1.54) is 0 Å². The lowest BCUT2D eigenvalue weighted by molar-refractivity contribution is -0.115. The summed E-state index contributed by atoms with van der Waals surface area (Å²) in [6, 6.07) is 5.24. The zero-order valence-corrected chi connectivity index (χ0v) is 12.7. The van der Waals surface area contributed by atoms with Gasteiger partial charge in [-0.1, -0.05) is 0 Å². The maximum Gasteiger partial charge on any atom is 0.323 e. The van der Waals surface area contributed by atoms with Crippen LogP contribution >= 0.6 is 0 Å². The van der Waals surface area contributed by atoms with Gasteiger partial charge in [-0.15, -0.1) is 0 Å². The number of carbonyl (C=O) groups is 1. The van der Waals surface area contributed by atoms with Crippen molar-refractivity contribution >= 4 is 22.6 Å². The third kappa shape index (κ3) is 2.52. The van der Waals surface area contributed by atoms with Crippen LogP contribution in [0.5, 0.6) is 0 Å². The number of nitrogens with one attached hydrogen (secondary N) is 3. The van der Waals surface area contributed by atoms with Gasteiger partial charge >= 0.3 is 5.69 Å². The van der Waals surface area contributed by atoms with E-state index in [2.05, 4.69) is 20.4 Å². The molecule has 0 spiro atoms. The Hall–Kier alpha value is -2.83. The third-order valence-electron chi connectivity index (χ3n) is 3.80. The molecule has 1 aromatic carbocycles. The standard InChI is InChI=1S/C15H17N5O2/c1-8-11(9(2)20(3)19-8)7-14(21)16-10-4-5-12-13(6-10)18-15(22)17-12/h4-6H,7H2,1-3H3,(H,16,21)(H2,17,18,22). The molecular weight excluding hydrogens is 282 g/mol. The lowest BCUT2D eigenvalue weighted by Gasteiger charge is -2.06. The van der Waals surface area contributed by atoms with Crippen molar-refractivity contribution in [3.8, 4) is 0 Å². The summed E-state index contributed by atoms with van der Waals surface area (Å²) in [7, 11) is 1.86. The van der Waals surface area contributed by atoms with Gasteiger partial charge in [0.2, 0.25) is 5.91 Å². The first-order chi connectivity index (χ1) is 10.4. The summed E-state index contributed by atoms with van der Waals surface area (Å²) in [4.78, 5) is 28.8. The first-order valence-corrected chi connectivity index (χ1v) is 6.95. The minimum absolute atomic E-state index is 0.114. The Labute approximate surface area is 126 Å². The molecule has 3 rings (SSSR count). The fourth-order valence-electron chi connectivity index (χ4n) is 2.55. The number of aryl methyl sites for hydroxylation is 2. The molecule has 0 fully saturated rings. The van der Waals surface area contributed by atoms with Gasteiger partial charge in [0.05, 0.1) is 23.1 Å². The number of aromatic nitrogens is 4. The van der Waals surface area contributed by atoms with Gasteiger partial charge in [0, 0.05) is 24.0 Å². The second kappa shape index (κ2) is 5.18. The molecule has 0 aliphatic rings. The topological polar surface area (TPSA) is 95.6 Å². The molecule has 0 saturated heterocycles. The van der Waals surface area contributed by atoms with Crippen LogP contribution in [0.1, 0.15) is 17.0 Å². The minimum Gasteiger partial charge on any atom is -0.326 e. The molecule has 0 saturated carbocycles. The van der Waals surface area contributed by atoms with Crippen LogP contribution in [-0.4, -0.2) is 25.7 Å². The number of hydrogen-bond donors (Lipinski definition) is 3. The van der Waals surface area contributed by atoms with Crippen molar-refractivity contribution in [1.29, 1.82) is 0 Å². The number of carbonyl (C=O) groups excluding carboxylic acids is 1. The smallest absolute Gasteiger partial charge is 0.323 e. The molecule has 2 aromatic heterocycles. The van der Waals surface area contributed by atoms with Crippen molar-refractivity contribution in [2.24, 2.45) is 7.05 Å². The first kappa shape index (κ1) is 14.1. The zero-order valence-electron chi connectivity index (χ0n) is 12.7. The molecule has 1 amide bonds. The molecule has 0 bridgehead atoms. The quantitative estimate of drug-likeness (QED) is 0.682. The average Bonchev–Trinajstić information content (AvgIpc) is 2.92. The normalized spacial score (nSPS) is 11.0. The molecule has 2 heterocycles. The van der Waals surface area contributed by atoms with Crippen LogP contribution in [0.2, 0.25) is 0 Å². The number of H-pyrrole nitrogens is 2. The maximum atomic E-state index is 12.2. The highest BCUT2D eigenvalue weighted by Gasteiger charge is 2.13. The van der Waals surface area contributed by atoms with E-state index in [1.54, 1.807) is 22.9 Å². The molecule has 0 radical (unpaired) electrons. The minimum atomic E-state index is -0.264. The van der Waals surface area contributed by atoms with Crippen LogP contribution in [0.3, 0.4) is 0 Å². The molecule has 7 nitrogen and oxygen atoms in total.